The van der Waals surface area contributed by atoms with Gasteiger partial charge in [-0.25, -0.2) is 0 Å². The van der Waals surface area contributed by atoms with Gasteiger partial charge in [0, 0.05) is 37.7 Å². The van der Waals surface area contributed by atoms with Crippen molar-refractivity contribution >= 4 is 11.4 Å². The highest BCUT2D eigenvalue weighted by atomic mass is 16.6. The molecule has 2 aliphatic rings. The van der Waals surface area contributed by atoms with E-state index in [0.717, 1.165) is 48.6 Å². The lowest BCUT2D eigenvalue weighted by atomic mass is 9.96. The van der Waals surface area contributed by atoms with Crippen LogP contribution in [0.1, 0.15) is 25.3 Å². The van der Waals surface area contributed by atoms with Gasteiger partial charge in [-0.3, -0.25) is 10.3 Å². The Labute approximate surface area is 137 Å². The summed E-state index contributed by atoms with van der Waals surface area (Å²) in [6.45, 7) is 3.98. The first-order valence-corrected chi connectivity index (χ1v) is 8.20. The van der Waals surface area contributed by atoms with Crippen LogP contribution in [0.2, 0.25) is 0 Å². The van der Waals surface area contributed by atoms with Gasteiger partial charge in [0.2, 0.25) is 0 Å². The molecule has 0 amide bonds. The maximum absolute atomic E-state index is 9.55. The smallest absolute Gasteiger partial charge is 0.133 e. The van der Waals surface area contributed by atoms with Gasteiger partial charge in [0.25, 0.3) is 0 Å². The van der Waals surface area contributed by atoms with Crippen LogP contribution in [-0.2, 0) is 11.3 Å². The quantitative estimate of drug-likeness (QED) is 0.715. The summed E-state index contributed by atoms with van der Waals surface area (Å²) in [6, 6.07) is 4.09. The van der Waals surface area contributed by atoms with Gasteiger partial charge < -0.3 is 19.8 Å². The van der Waals surface area contributed by atoms with Gasteiger partial charge in [-0.15, -0.1) is 0 Å². The molecule has 2 aliphatic heterocycles. The van der Waals surface area contributed by atoms with Crippen molar-refractivity contribution < 1.29 is 19.8 Å². The predicted octanol–water partition coefficient (Wildman–Crippen LogP) is 1.55. The molecule has 0 aromatic heterocycles. The highest BCUT2D eigenvalue weighted by Crippen LogP contribution is 2.42. The van der Waals surface area contributed by atoms with Gasteiger partial charge in [-0.1, -0.05) is 0 Å². The van der Waals surface area contributed by atoms with E-state index in [-0.39, 0.29) is 13.2 Å². The van der Waals surface area contributed by atoms with Crippen molar-refractivity contribution in [3.63, 3.8) is 0 Å². The largest absolute Gasteiger partial charge is 0.484 e. The van der Waals surface area contributed by atoms with Crippen molar-refractivity contribution in [3.05, 3.63) is 17.7 Å². The molecule has 0 radical (unpaired) electrons. The fourth-order valence-corrected chi connectivity index (χ4v) is 3.45. The van der Waals surface area contributed by atoms with Crippen molar-refractivity contribution in [2.75, 3.05) is 43.8 Å². The summed E-state index contributed by atoms with van der Waals surface area (Å²) in [4.78, 5) is 7.43. The SMILES string of the molecule is CONc1cc2c(cc1N1CCC(CO)CC1)OC(C)(CO)C2. The lowest BCUT2D eigenvalue weighted by Gasteiger charge is -2.34. The number of aliphatic hydroxyl groups excluding tert-OH is 2. The summed E-state index contributed by atoms with van der Waals surface area (Å²) in [5, 5.41) is 18.8. The molecule has 0 spiro atoms. The van der Waals surface area contributed by atoms with Crippen molar-refractivity contribution in [2.45, 2.75) is 31.8 Å². The Morgan fingerprint density at radius 2 is 2.09 bits per heavy atom. The molecule has 1 fully saturated rings. The molecular weight excluding hydrogens is 296 g/mol. The topological polar surface area (TPSA) is 74.2 Å². The molecule has 2 heterocycles. The second-order valence-corrected chi connectivity index (χ2v) is 6.78. The van der Waals surface area contributed by atoms with Crippen LogP contribution in [0.5, 0.6) is 5.75 Å². The molecule has 3 rings (SSSR count). The van der Waals surface area contributed by atoms with Crippen LogP contribution >= 0.6 is 0 Å². The van der Waals surface area contributed by atoms with Crippen molar-refractivity contribution in [3.8, 4) is 5.75 Å². The molecule has 0 saturated carbocycles. The van der Waals surface area contributed by atoms with E-state index in [9.17, 15) is 10.2 Å². The van der Waals surface area contributed by atoms with Crippen LogP contribution in [0.15, 0.2) is 12.1 Å². The van der Waals surface area contributed by atoms with Gasteiger partial charge >= 0.3 is 0 Å². The highest BCUT2D eigenvalue weighted by molar-refractivity contribution is 5.74. The number of ether oxygens (including phenoxy) is 1. The monoisotopic (exact) mass is 322 g/mol. The average molecular weight is 322 g/mol. The van der Waals surface area contributed by atoms with Gasteiger partial charge in [0.05, 0.1) is 25.1 Å². The van der Waals surface area contributed by atoms with Crippen LogP contribution in [0, 0.1) is 5.92 Å². The van der Waals surface area contributed by atoms with E-state index in [1.165, 1.54) is 0 Å². The minimum absolute atomic E-state index is 0.00799. The standard InChI is InChI=1S/C17H26N2O4/c1-17(11-21)9-13-7-14(18-22-2)15(8-16(13)23-17)19-5-3-12(10-20)4-6-19/h7-8,12,18,20-21H,3-6,9-11H2,1-2H3. The maximum atomic E-state index is 9.55. The number of hydrogen-bond donors (Lipinski definition) is 3. The minimum Gasteiger partial charge on any atom is -0.484 e. The van der Waals surface area contributed by atoms with Gasteiger partial charge in [-0.05, 0) is 31.7 Å². The molecule has 128 valence electrons. The summed E-state index contributed by atoms with van der Waals surface area (Å²) < 4.78 is 5.97. The van der Waals surface area contributed by atoms with Gasteiger partial charge in [0.1, 0.15) is 11.4 Å². The second-order valence-electron chi connectivity index (χ2n) is 6.78. The lowest BCUT2D eigenvalue weighted by molar-refractivity contribution is 0.0447. The third kappa shape index (κ3) is 3.24. The van der Waals surface area contributed by atoms with E-state index in [2.05, 4.69) is 10.4 Å². The number of benzene rings is 1. The Hall–Kier alpha value is -1.50. The molecular formula is C17H26N2O4. The van der Waals surface area contributed by atoms with E-state index >= 15 is 0 Å². The summed E-state index contributed by atoms with van der Waals surface area (Å²) in [5.41, 5.74) is 5.46. The second kappa shape index (κ2) is 6.55. The van der Waals surface area contributed by atoms with Crippen LogP contribution in [0.3, 0.4) is 0 Å². The number of anilines is 2. The number of aliphatic hydroxyl groups is 2. The van der Waals surface area contributed by atoms with Gasteiger partial charge in [-0.2, -0.15) is 0 Å². The Balaban J connectivity index is 1.87. The lowest BCUT2D eigenvalue weighted by Crippen LogP contribution is -2.35. The first kappa shape index (κ1) is 16.4. The van der Waals surface area contributed by atoms with Crippen molar-refractivity contribution in [1.29, 1.82) is 0 Å². The Morgan fingerprint density at radius 1 is 1.35 bits per heavy atom. The molecule has 6 heteroatoms. The molecule has 1 unspecified atom stereocenters. The maximum Gasteiger partial charge on any atom is 0.133 e. The number of nitrogens with one attached hydrogen (secondary N) is 1. The summed E-state index contributed by atoms with van der Waals surface area (Å²) in [7, 11) is 1.60. The molecule has 1 saturated heterocycles. The third-order valence-electron chi connectivity index (χ3n) is 4.86. The van der Waals surface area contributed by atoms with E-state index in [1.54, 1.807) is 7.11 Å². The molecule has 1 aromatic carbocycles. The number of piperidine rings is 1. The fourth-order valence-electron chi connectivity index (χ4n) is 3.45. The molecule has 0 bridgehead atoms. The first-order valence-electron chi connectivity index (χ1n) is 8.20. The first-order chi connectivity index (χ1) is 11.1. The van der Waals surface area contributed by atoms with Crippen molar-refractivity contribution in [1.82, 2.24) is 0 Å². The Bertz CT molecular complexity index is 558. The zero-order valence-corrected chi connectivity index (χ0v) is 13.8. The van der Waals surface area contributed by atoms with E-state index < -0.39 is 5.60 Å². The molecule has 6 nitrogen and oxygen atoms in total. The van der Waals surface area contributed by atoms with Crippen LogP contribution in [0.25, 0.3) is 0 Å². The van der Waals surface area contributed by atoms with Crippen LogP contribution < -0.4 is 15.1 Å². The molecule has 3 N–H and O–H groups in total. The van der Waals surface area contributed by atoms with Crippen LogP contribution in [-0.4, -0.2) is 49.2 Å². The molecule has 0 aliphatic carbocycles. The van der Waals surface area contributed by atoms with Gasteiger partial charge in [0.15, 0.2) is 0 Å². The van der Waals surface area contributed by atoms with Crippen molar-refractivity contribution in [2.24, 2.45) is 5.92 Å². The predicted molar refractivity (Wildman–Crippen MR) is 88.9 cm³/mol. The van der Waals surface area contributed by atoms with E-state index in [4.69, 9.17) is 9.57 Å². The molecule has 1 aromatic rings. The third-order valence-corrected chi connectivity index (χ3v) is 4.86. The van der Waals surface area contributed by atoms with Crippen LogP contribution in [0.4, 0.5) is 11.4 Å². The summed E-state index contributed by atoms with van der Waals surface area (Å²) >= 11 is 0. The zero-order chi connectivity index (χ0) is 16.4. The summed E-state index contributed by atoms with van der Waals surface area (Å²) in [6.07, 6.45) is 2.65. The number of fused-ring (bicyclic) bond motifs is 1. The van der Waals surface area contributed by atoms with E-state index in [1.807, 2.05) is 19.1 Å². The van der Waals surface area contributed by atoms with E-state index in [0.29, 0.717) is 12.3 Å². The fraction of sp³-hybridized carbons (Fsp3) is 0.647. The minimum atomic E-state index is -0.546. The highest BCUT2D eigenvalue weighted by Gasteiger charge is 2.35. The Morgan fingerprint density at radius 3 is 2.70 bits per heavy atom. The number of nitrogens with zero attached hydrogens (tertiary/aromatic N) is 1. The number of hydrogen-bond acceptors (Lipinski definition) is 6. The molecule has 23 heavy (non-hydrogen) atoms. The average Bonchev–Trinajstić information content (AvgIpc) is 2.90. The normalized spacial score (nSPS) is 24.4. The zero-order valence-electron chi connectivity index (χ0n) is 13.8. The summed E-state index contributed by atoms with van der Waals surface area (Å²) in [5.74, 6) is 1.23. The number of rotatable bonds is 5. The Kier molecular flexibility index (Phi) is 4.66. The molecule has 1 atom stereocenters.